The number of hydrogen-bond acceptors (Lipinski definition) is 5. The number of methoxy groups -OCH3 is 1. The second-order valence-corrected chi connectivity index (χ2v) is 4.07. The maximum Gasteiger partial charge on any atom is 0.303 e. The van der Waals surface area contributed by atoms with E-state index in [1.807, 2.05) is 0 Å². The SMILES string of the molecule is COc1cccc(F)c1-c1nnc(CCCC(=O)O)o1. The molecule has 0 radical (unpaired) electrons. The maximum atomic E-state index is 13.8. The number of halogens is 1. The lowest BCUT2D eigenvalue weighted by Crippen LogP contribution is -1.95. The van der Waals surface area contributed by atoms with Gasteiger partial charge in [0.05, 0.1) is 7.11 Å². The average molecular weight is 280 g/mol. The highest BCUT2D eigenvalue weighted by atomic mass is 19.1. The zero-order valence-electron chi connectivity index (χ0n) is 10.8. The minimum atomic E-state index is -0.888. The molecule has 0 unspecified atom stereocenters. The van der Waals surface area contributed by atoms with Crippen LogP contribution in [-0.4, -0.2) is 28.4 Å². The molecule has 106 valence electrons. The van der Waals surface area contributed by atoms with Crippen molar-refractivity contribution in [2.24, 2.45) is 0 Å². The van der Waals surface area contributed by atoms with E-state index < -0.39 is 11.8 Å². The lowest BCUT2D eigenvalue weighted by molar-refractivity contribution is -0.137. The number of nitrogens with zero attached hydrogens (tertiary/aromatic N) is 2. The minimum Gasteiger partial charge on any atom is -0.496 e. The van der Waals surface area contributed by atoms with Gasteiger partial charge in [-0.1, -0.05) is 6.07 Å². The molecule has 0 saturated heterocycles. The van der Waals surface area contributed by atoms with Gasteiger partial charge < -0.3 is 14.3 Å². The van der Waals surface area contributed by atoms with Crippen LogP contribution >= 0.6 is 0 Å². The van der Waals surface area contributed by atoms with Crippen LogP contribution < -0.4 is 4.74 Å². The molecule has 0 aliphatic carbocycles. The van der Waals surface area contributed by atoms with E-state index >= 15 is 0 Å². The van der Waals surface area contributed by atoms with Crippen molar-refractivity contribution >= 4 is 5.97 Å². The van der Waals surface area contributed by atoms with Crippen molar-refractivity contribution in [3.05, 3.63) is 29.9 Å². The molecule has 0 saturated carbocycles. The fourth-order valence-electron chi connectivity index (χ4n) is 1.73. The fourth-order valence-corrected chi connectivity index (χ4v) is 1.73. The van der Waals surface area contributed by atoms with Crippen LogP contribution in [0, 0.1) is 5.82 Å². The molecule has 1 N–H and O–H groups in total. The summed E-state index contributed by atoms with van der Waals surface area (Å²) in [6.07, 6.45) is 0.724. The molecule has 7 heteroatoms. The summed E-state index contributed by atoms with van der Waals surface area (Å²) in [5.41, 5.74) is 0.104. The van der Waals surface area contributed by atoms with Crippen LogP contribution in [-0.2, 0) is 11.2 Å². The van der Waals surface area contributed by atoms with Gasteiger partial charge in [0.1, 0.15) is 17.1 Å². The lowest BCUT2D eigenvalue weighted by Gasteiger charge is -2.05. The Morgan fingerprint density at radius 3 is 2.95 bits per heavy atom. The Bertz CT molecular complexity index is 612. The van der Waals surface area contributed by atoms with Crippen LogP contribution in [0.15, 0.2) is 22.6 Å². The number of ether oxygens (including phenoxy) is 1. The molecule has 0 bridgehead atoms. The van der Waals surface area contributed by atoms with Gasteiger partial charge in [-0.3, -0.25) is 4.79 Å². The summed E-state index contributed by atoms with van der Waals surface area (Å²) >= 11 is 0. The number of benzene rings is 1. The Balaban J connectivity index is 2.18. The normalized spacial score (nSPS) is 10.5. The molecule has 0 spiro atoms. The molecule has 0 aliphatic heterocycles. The first-order chi connectivity index (χ1) is 9.61. The van der Waals surface area contributed by atoms with Crippen molar-refractivity contribution in [3.63, 3.8) is 0 Å². The van der Waals surface area contributed by atoms with E-state index in [0.29, 0.717) is 18.6 Å². The molecule has 1 aromatic heterocycles. The third-order valence-corrected chi connectivity index (χ3v) is 2.66. The summed E-state index contributed by atoms with van der Waals surface area (Å²) in [5.74, 6) is -0.826. The van der Waals surface area contributed by atoms with E-state index in [0.717, 1.165) is 0 Å². The zero-order valence-corrected chi connectivity index (χ0v) is 10.8. The molecule has 0 fully saturated rings. The van der Waals surface area contributed by atoms with Gasteiger partial charge in [0.2, 0.25) is 5.89 Å². The number of carboxylic acid groups (broad SMARTS) is 1. The molecular formula is C13H13FN2O4. The largest absolute Gasteiger partial charge is 0.496 e. The molecule has 0 aliphatic rings. The van der Waals surface area contributed by atoms with Gasteiger partial charge in [0.25, 0.3) is 5.89 Å². The first-order valence-corrected chi connectivity index (χ1v) is 5.99. The standard InChI is InChI=1S/C13H13FN2O4/c1-19-9-5-2-4-8(14)12(9)13-16-15-10(20-13)6-3-7-11(17)18/h2,4-5H,3,6-7H2,1H3,(H,17,18). The fraction of sp³-hybridized carbons (Fsp3) is 0.308. The Hall–Kier alpha value is -2.44. The third kappa shape index (κ3) is 3.11. The highest BCUT2D eigenvalue weighted by Gasteiger charge is 2.18. The second-order valence-electron chi connectivity index (χ2n) is 4.07. The third-order valence-electron chi connectivity index (χ3n) is 2.66. The number of hydrogen-bond donors (Lipinski definition) is 1. The van der Waals surface area contributed by atoms with Crippen LogP contribution in [0.2, 0.25) is 0 Å². The highest BCUT2D eigenvalue weighted by molar-refractivity contribution is 5.66. The summed E-state index contributed by atoms with van der Waals surface area (Å²) in [5, 5.41) is 16.1. The highest BCUT2D eigenvalue weighted by Crippen LogP contribution is 2.31. The summed E-state index contributed by atoms with van der Waals surface area (Å²) in [6.45, 7) is 0. The zero-order chi connectivity index (χ0) is 14.5. The van der Waals surface area contributed by atoms with Crippen molar-refractivity contribution in [1.29, 1.82) is 0 Å². The Morgan fingerprint density at radius 2 is 2.25 bits per heavy atom. The molecule has 6 nitrogen and oxygen atoms in total. The van der Waals surface area contributed by atoms with Gasteiger partial charge in [0.15, 0.2) is 0 Å². The molecule has 0 atom stereocenters. The Morgan fingerprint density at radius 1 is 1.45 bits per heavy atom. The number of aliphatic carboxylic acids is 1. The van der Waals surface area contributed by atoms with Crippen molar-refractivity contribution in [2.45, 2.75) is 19.3 Å². The topological polar surface area (TPSA) is 85.5 Å². The summed E-state index contributed by atoms with van der Waals surface area (Å²) < 4.78 is 24.2. The van der Waals surface area contributed by atoms with E-state index in [1.165, 1.54) is 19.2 Å². The van der Waals surface area contributed by atoms with Gasteiger partial charge in [-0.15, -0.1) is 10.2 Å². The number of carbonyl (C=O) groups is 1. The lowest BCUT2D eigenvalue weighted by atomic mass is 10.2. The average Bonchev–Trinajstić information content (AvgIpc) is 2.86. The van der Waals surface area contributed by atoms with Gasteiger partial charge in [-0.25, -0.2) is 4.39 Å². The predicted octanol–water partition coefficient (Wildman–Crippen LogP) is 2.29. The predicted molar refractivity (Wildman–Crippen MR) is 66.8 cm³/mol. The minimum absolute atomic E-state index is 0.0146. The van der Waals surface area contributed by atoms with Crippen molar-refractivity contribution in [2.75, 3.05) is 7.11 Å². The van der Waals surface area contributed by atoms with Gasteiger partial charge in [-0.05, 0) is 18.6 Å². The quantitative estimate of drug-likeness (QED) is 0.873. The van der Waals surface area contributed by atoms with Crippen molar-refractivity contribution in [1.82, 2.24) is 10.2 Å². The molecule has 2 rings (SSSR count). The number of carboxylic acids is 1. The van der Waals surface area contributed by atoms with Crippen molar-refractivity contribution < 1.29 is 23.4 Å². The van der Waals surface area contributed by atoms with E-state index in [2.05, 4.69) is 10.2 Å². The van der Waals surface area contributed by atoms with Gasteiger partial charge in [-0.2, -0.15) is 0 Å². The van der Waals surface area contributed by atoms with Gasteiger partial charge >= 0.3 is 5.97 Å². The summed E-state index contributed by atoms with van der Waals surface area (Å²) in [6, 6.07) is 4.38. The van der Waals surface area contributed by atoms with E-state index in [1.54, 1.807) is 6.07 Å². The second kappa shape index (κ2) is 6.14. The number of aryl methyl sites for hydroxylation is 1. The van der Waals surface area contributed by atoms with E-state index in [9.17, 15) is 9.18 Å². The number of aromatic nitrogens is 2. The molecule has 0 amide bonds. The van der Waals surface area contributed by atoms with Crippen LogP contribution in [0.1, 0.15) is 18.7 Å². The van der Waals surface area contributed by atoms with Crippen LogP contribution in [0.3, 0.4) is 0 Å². The monoisotopic (exact) mass is 280 g/mol. The van der Waals surface area contributed by atoms with E-state index in [-0.39, 0.29) is 23.8 Å². The molecular weight excluding hydrogens is 267 g/mol. The Labute approximate surface area is 114 Å². The summed E-state index contributed by atoms with van der Waals surface area (Å²) in [7, 11) is 1.42. The first kappa shape index (κ1) is 14.0. The molecule has 1 aromatic carbocycles. The van der Waals surface area contributed by atoms with Crippen molar-refractivity contribution in [3.8, 4) is 17.2 Å². The van der Waals surface area contributed by atoms with Crippen LogP contribution in [0.5, 0.6) is 5.75 Å². The first-order valence-electron chi connectivity index (χ1n) is 5.99. The Kier molecular flexibility index (Phi) is 4.29. The molecule has 2 aromatic rings. The number of rotatable bonds is 6. The van der Waals surface area contributed by atoms with E-state index in [4.69, 9.17) is 14.3 Å². The van der Waals surface area contributed by atoms with Crippen LogP contribution in [0.25, 0.3) is 11.5 Å². The maximum absolute atomic E-state index is 13.8. The molecule has 20 heavy (non-hydrogen) atoms. The van der Waals surface area contributed by atoms with Crippen LogP contribution in [0.4, 0.5) is 4.39 Å². The molecule has 1 heterocycles. The smallest absolute Gasteiger partial charge is 0.303 e. The summed E-state index contributed by atoms with van der Waals surface area (Å²) in [4.78, 5) is 10.4. The van der Waals surface area contributed by atoms with Gasteiger partial charge in [0, 0.05) is 12.8 Å².